The predicted molar refractivity (Wildman–Crippen MR) is 71.6 cm³/mol. The zero-order valence-corrected chi connectivity index (χ0v) is 10.8. The molecule has 5 heteroatoms. The maximum atomic E-state index is 11.8. The van der Waals surface area contributed by atoms with Crippen LogP contribution in [0.3, 0.4) is 0 Å². The molecule has 0 bridgehead atoms. The number of H-pyrrole nitrogens is 1. The minimum atomic E-state index is -0.535. The lowest BCUT2D eigenvalue weighted by atomic mass is 9.86. The van der Waals surface area contributed by atoms with E-state index in [0.29, 0.717) is 11.3 Å². The van der Waals surface area contributed by atoms with E-state index >= 15 is 0 Å². The summed E-state index contributed by atoms with van der Waals surface area (Å²) in [6.45, 7) is 3.71. The molecule has 2 N–H and O–H groups in total. The van der Waals surface area contributed by atoms with Crippen molar-refractivity contribution in [3.05, 3.63) is 47.8 Å². The van der Waals surface area contributed by atoms with E-state index in [0.717, 1.165) is 5.56 Å². The number of aromatic amines is 1. The van der Waals surface area contributed by atoms with Gasteiger partial charge >= 0.3 is 0 Å². The number of anilines is 1. The van der Waals surface area contributed by atoms with Crippen molar-refractivity contribution in [2.24, 2.45) is 0 Å². The molecule has 1 heterocycles. The van der Waals surface area contributed by atoms with Crippen molar-refractivity contribution in [2.45, 2.75) is 19.3 Å². The summed E-state index contributed by atoms with van der Waals surface area (Å²) < 4.78 is 0. The van der Waals surface area contributed by atoms with Gasteiger partial charge in [0.1, 0.15) is 0 Å². The summed E-state index contributed by atoms with van der Waals surface area (Å²) in [5.74, 6) is -0.221. The van der Waals surface area contributed by atoms with Crippen molar-refractivity contribution in [2.75, 3.05) is 5.32 Å². The van der Waals surface area contributed by atoms with Crippen molar-refractivity contribution in [1.29, 1.82) is 5.26 Å². The Morgan fingerprint density at radius 3 is 2.58 bits per heavy atom. The van der Waals surface area contributed by atoms with Crippen LogP contribution in [0.5, 0.6) is 0 Å². The van der Waals surface area contributed by atoms with Gasteiger partial charge in [-0.25, -0.2) is 0 Å². The molecule has 0 aliphatic carbocycles. The van der Waals surface area contributed by atoms with Gasteiger partial charge in [-0.2, -0.15) is 10.4 Å². The highest BCUT2D eigenvalue weighted by molar-refractivity contribution is 6.03. The number of nitriles is 1. The molecule has 0 fully saturated rings. The Bertz CT molecular complexity index is 606. The van der Waals surface area contributed by atoms with Crippen LogP contribution < -0.4 is 5.32 Å². The molecule has 0 unspecified atom stereocenters. The van der Waals surface area contributed by atoms with Crippen molar-refractivity contribution < 1.29 is 4.79 Å². The standard InChI is InChI=1S/C14H14N4O/c1-14(2,9-15)11-3-5-12(6-4-11)18-13(19)10-7-16-17-8-10/h3-8H,1-2H3,(H,16,17)(H,18,19). The van der Waals surface area contributed by atoms with Crippen molar-refractivity contribution in [1.82, 2.24) is 10.2 Å². The first-order chi connectivity index (χ1) is 9.03. The van der Waals surface area contributed by atoms with E-state index < -0.39 is 5.41 Å². The molecule has 1 aromatic carbocycles. The Hall–Kier alpha value is -2.61. The average Bonchev–Trinajstić information content (AvgIpc) is 2.93. The summed E-state index contributed by atoms with van der Waals surface area (Å²) in [6, 6.07) is 9.49. The first-order valence-electron chi connectivity index (χ1n) is 5.85. The molecule has 96 valence electrons. The fourth-order valence-electron chi connectivity index (χ4n) is 1.61. The van der Waals surface area contributed by atoms with Crippen LogP contribution in [0.1, 0.15) is 29.8 Å². The number of nitrogens with zero attached hydrogens (tertiary/aromatic N) is 2. The zero-order chi connectivity index (χ0) is 13.9. The molecule has 1 amide bonds. The van der Waals surface area contributed by atoms with Crippen molar-refractivity contribution in [3.63, 3.8) is 0 Å². The van der Waals surface area contributed by atoms with Crippen LogP contribution in [-0.2, 0) is 5.41 Å². The summed E-state index contributed by atoms with van der Waals surface area (Å²) in [7, 11) is 0. The molecule has 19 heavy (non-hydrogen) atoms. The van der Waals surface area contributed by atoms with E-state index in [1.165, 1.54) is 12.4 Å². The highest BCUT2D eigenvalue weighted by Gasteiger charge is 2.19. The van der Waals surface area contributed by atoms with E-state index in [-0.39, 0.29) is 5.91 Å². The molecule has 1 aromatic heterocycles. The summed E-state index contributed by atoms with van der Waals surface area (Å²) in [6.07, 6.45) is 2.99. The van der Waals surface area contributed by atoms with Crippen LogP contribution in [0.15, 0.2) is 36.7 Å². The molecule has 0 saturated carbocycles. The molecule has 2 aromatic rings. The molecule has 0 spiro atoms. The minimum absolute atomic E-state index is 0.221. The molecular formula is C14H14N4O. The summed E-state index contributed by atoms with van der Waals surface area (Å²) >= 11 is 0. The Balaban J connectivity index is 2.12. The van der Waals surface area contributed by atoms with Gasteiger partial charge < -0.3 is 5.32 Å². The van der Waals surface area contributed by atoms with Gasteiger partial charge in [0.15, 0.2) is 0 Å². The van der Waals surface area contributed by atoms with Crippen molar-refractivity contribution in [3.8, 4) is 6.07 Å². The number of nitrogens with one attached hydrogen (secondary N) is 2. The van der Waals surface area contributed by atoms with Crippen LogP contribution >= 0.6 is 0 Å². The molecular weight excluding hydrogens is 240 g/mol. The fourth-order valence-corrected chi connectivity index (χ4v) is 1.61. The summed E-state index contributed by atoms with van der Waals surface area (Å²) in [5, 5.41) is 18.1. The number of hydrogen-bond acceptors (Lipinski definition) is 3. The van der Waals surface area contributed by atoms with Crippen LogP contribution in [0, 0.1) is 11.3 Å². The summed E-state index contributed by atoms with van der Waals surface area (Å²) in [4.78, 5) is 11.8. The van der Waals surface area contributed by atoms with E-state index in [1.54, 1.807) is 12.1 Å². The second kappa shape index (κ2) is 4.94. The third-order valence-corrected chi connectivity index (χ3v) is 2.90. The second-order valence-electron chi connectivity index (χ2n) is 4.76. The number of rotatable bonds is 3. The number of carbonyl (C=O) groups excluding carboxylic acids is 1. The van der Waals surface area contributed by atoms with Crippen molar-refractivity contribution >= 4 is 11.6 Å². The van der Waals surface area contributed by atoms with Gasteiger partial charge in [0.25, 0.3) is 5.91 Å². The first kappa shape index (κ1) is 12.8. The minimum Gasteiger partial charge on any atom is -0.322 e. The molecule has 0 atom stereocenters. The van der Waals surface area contributed by atoms with Gasteiger partial charge in [-0.05, 0) is 31.5 Å². The Morgan fingerprint density at radius 1 is 1.37 bits per heavy atom. The topological polar surface area (TPSA) is 81.6 Å². The van der Waals surface area contributed by atoms with Crippen LogP contribution in [0.2, 0.25) is 0 Å². The molecule has 0 aliphatic rings. The van der Waals surface area contributed by atoms with Crippen LogP contribution in [0.25, 0.3) is 0 Å². The lowest BCUT2D eigenvalue weighted by molar-refractivity contribution is 0.102. The lowest BCUT2D eigenvalue weighted by Crippen LogP contribution is -2.14. The number of aromatic nitrogens is 2. The van der Waals surface area contributed by atoms with E-state index in [1.807, 2.05) is 26.0 Å². The summed E-state index contributed by atoms with van der Waals surface area (Å²) in [5.41, 5.74) is 1.54. The average molecular weight is 254 g/mol. The number of benzene rings is 1. The Kier molecular flexibility index (Phi) is 3.34. The third kappa shape index (κ3) is 2.80. The SMILES string of the molecule is CC(C)(C#N)c1ccc(NC(=O)c2cn[nH]c2)cc1. The van der Waals surface area contributed by atoms with E-state index in [2.05, 4.69) is 21.6 Å². The largest absolute Gasteiger partial charge is 0.322 e. The van der Waals surface area contributed by atoms with Gasteiger partial charge in [0, 0.05) is 11.9 Å². The molecule has 0 saturated heterocycles. The highest BCUT2D eigenvalue weighted by atomic mass is 16.1. The maximum Gasteiger partial charge on any atom is 0.258 e. The molecule has 0 radical (unpaired) electrons. The van der Waals surface area contributed by atoms with Crippen LogP contribution in [-0.4, -0.2) is 16.1 Å². The third-order valence-electron chi connectivity index (χ3n) is 2.90. The fraction of sp³-hybridized carbons (Fsp3) is 0.214. The zero-order valence-electron chi connectivity index (χ0n) is 10.8. The monoisotopic (exact) mass is 254 g/mol. The maximum absolute atomic E-state index is 11.8. The van der Waals surface area contributed by atoms with Crippen LogP contribution in [0.4, 0.5) is 5.69 Å². The molecule has 5 nitrogen and oxygen atoms in total. The normalized spacial score (nSPS) is 10.8. The van der Waals surface area contributed by atoms with E-state index in [4.69, 9.17) is 5.26 Å². The highest BCUT2D eigenvalue weighted by Crippen LogP contribution is 2.23. The Labute approximate surface area is 111 Å². The lowest BCUT2D eigenvalue weighted by Gasteiger charge is -2.16. The second-order valence-corrected chi connectivity index (χ2v) is 4.76. The molecule has 0 aliphatic heterocycles. The van der Waals surface area contributed by atoms with E-state index in [9.17, 15) is 4.79 Å². The number of hydrogen-bond donors (Lipinski definition) is 2. The van der Waals surface area contributed by atoms with Gasteiger partial charge in [0.05, 0.1) is 23.2 Å². The van der Waals surface area contributed by atoms with Gasteiger partial charge in [-0.15, -0.1) is 0 Å². The first-order valence-corrected chi connectivity index (χ1v) is 5.85. The van der Waals surface area contributed by atoms with Gasteiger partial charge in [-0.3, -0.25) is 9.89 Å². The molecule has 2 rings (SSSR count). The van der Waals surface area contributed by atoms with Gasteiger partial charge in [-0.1, -0.05) is 12.1 Å². The predicted octanol–water partition coefficient (Wildman–Crippen LogP) is 2.46. The smallest absolute Gasteiger partial charge is 0.258 e. The Morgan fingerprint density at radius 2 is 2.05 bits per heavy atom. The number of carbonyl (C=O) groups is 1. The quantitative estimate of drug-likeness (QED) is 0.882. The number of amides is 1. The van der Waals surface area contributed by atoms with Gasteiger partial charge in [0.2, 0.25) is 0 Å².